The highest BCUT2D eigenvalue weighted by Gasteiger charge is 2.29. The van der Waals surface area contributed by atoms with Crippen LogP contribution in [0.3, 0.4) is 0 Å². The third kappa shape index (κ3) is 5.61. The van der Waals surface area contributed by atoms with Crippen LogP contribution in [-0.2, 0) is 0 Å². The van der Waals surface area contributed by atoms with Gasteiger partial charge in [0, 0.05) is 23.5 Å². The summed E-state index contributed by atoms with van der Waals surface area (Å²) in [6, 6.07) is 22.9. The standard InChI is InChI=1S/C34H37N3/c1-9-28(34(6,7)8)32-29(23(2)33(3,4)5)36-30(25-14-11-10-12-15-25)31(37-32)26-19-17-24(18-20-26)27-16-13-21-35-22-27/h9-22H,2H2,1,3-8H3/b28-9+. The Hall–Kier alpha value is -3.85. The van der Waals surface area contributed by atoms with Gasteiger partial charge in [0.1, 0.15) is 0 Å². The molecule has 2 aromatic carbocycles. The summed E-state index contributed by atoms with van der Waals surface area (Å²) in [5, 5.41) is 0. The molecule has 0 aliphatic carbocycles. The molecule has 0 bridgehead atoms. The molecular formula is C34H37N3. The van der Waals surface area contributed by atoms with Gasteiger partial charge in [0.2, 0.25) is 0 Å². The quantitative estimate of drug-likeness (QED) is 0.281. The highest BCUT2D eigenvalue weighted by Crippen LogP contribution is 2.42. The Bertz CT molecular complexity index is 1420. The number of nitrogens with zero attached hydrogens (tertiary/aromatic N) is 3. The second-order valence-corrected chi connectivity index (χ2v) is 11.5. The Labute approximate surface area is 222 Å². The molecule has 0 N–H and O–H groups in total. The largest absolute Gasteiger partial charge is 0.264 e. The molecule has 2 aromatic heterocycles. The third-order valence-electron chi connectivity index (χ3n) is 6.64. The van der Waals surface area contributed by atoms with Crippen LogP contribution in [0.4, 0.5) is 0 Å². The van der Waals surface area contributed by atoms with Gasteiger partial charge < -0.3 is 0 Å². The molecule has 3 heteroatoms. The van der Waals surface area contributed by atoms with E-state index >= 15 is 0 Å². The molecule has 0 aliphatic heterocycles. The maximum Gasteiger partial charge on any atom is 0.0973 e. The van der Waals surface area contributed by atoms with Crippen LogP contribution in [0.2, 0.25) is 0 Å². The number of hydrogen-bond acceptors (Lipinski definition) is 3. The zero-order chi connectivity index (χ0) is 26.8. The minimum atomic E-state index is -0.152. The molecule has 3 nitrogen and oxygen atoms in total. The summed E-state index contributed by atoms with van der Waals surface area (Å²) in [4.78, 5) is 15.0. The lowest BCUT2D eigenvalue weighted by Gasteiger charge is -2.29. The zero-order valence-corrected chi connectivity index (χ0v) is 23.1. The van der Waals surface area contributed by atoms with Crippen LogP contribution in [0.15, 0.2) is 91.8 Å². The van der Waals surface area contributed by atoms with E-state index < -0.39 is 0 Å². The molecule has 0 spiro atoms. The number of allylic oxidation sites excluding steroid dienone is 3. The Morgan fingerprint density at radius 2 is 1.19 bits per heavy atom. The lowest BCUT2D eigenvalue weighted by atomic mass is 9.79. The maximum absolute atomic E-state index is 5.39. The second kappa shape index (κ2) is 10.3. The van der Waals surface area contributed by atoms with Crippen molar-refractivity contribution in [2.45, 2.75) is 48.5 Å². The predicted molar refractivity (Wildman–Crippen MR) is 158 cm³/mol. The van der Waals surface area contributed by atoms with Gasteiger partial charge in [-0.25, -0.2) is 9.97 Å². The van der Waals surface area contributed by atoms with Gasteiger partial charge in [0.15, 0.2) is 0 Å². The minimum Gasteiger partial charge on any atom is -0.264 e. The van der Waals surface area contributed by atoms with Gasteiger partial charge >= 0.3 is 0 Å². The Morgan fingerprint density at radius 3 is 1.70 bits per heavy atom. The van der Waals surface area contributed by atoms with Crippen LogP contribution in [0.25, 0.3) is 44.8 Å². The van der Waals surface area contributed by atoms with Crippen molar-refractivity contribution < 1.29 is 0 Å². The SMILES string of the molecule is C=C(c1nc(-c2ccccc2)c(-c2ccc(-c3cccnc3)cc2)nc1/C(=C\C)C(C)(C)C)C(C)(C)C. The average molecular weight is 488 g/mol. The number of aromatic nitrogens is 3. The monoisotopic (exact) mass is 487 g/mol. The summed E-state index contributed by atoms with van der Waals surface area (Å²) >= 11 is 0. The Morgan fingerprint density at radius 1 is 0.649 bits per heavy atom. The molecule has 0 amide bonds. The van der Waals surface area contributed by atoms with E-state index in [1.54, 1.807) is 6.20 Å². The zero-order valence-electron chi connectivity index (χ0n) is 23.1. The van der Waals surface area contributed by atoms with Crippen molar-refractivity contribution >= 4 is 11.1 Å². The van der Waals surface area contributed by atoms with Gasteiger partial charge in [0.05, 0.1) is 22.8 Å². The Kier molecular flexibility index (Phi) is 7.27. The van der Waals surface area contributed by atoms with Gasteiger partial charge in [-0.05, 0) is 46.1 Å². The summed E-state index contributed by atoms with van der Waals surface area (Å²) in [5.74, 6) is 0. The lowest BCUT2D eigenvalue weighted by molar-refractivity contribution is 0.556. The van der Waals surface area contributed by atoms with E-state index in [-0.39, 0.29) is 10.8 Å². The molecule has 0 radical (unpaired) electrons. The first-order chi connectivity index (χ1) is 17.5. The van der Waals surface area contributed by atoms with Crippen molar-refractivity contribution in [1.82, 2.24) is 15.0 Å². The molecule has 0 atom stereocenters. The van der Waals surface area contributed by atoms with Crippen molar-refractivity contribution in [2.24, 2.45) is 10.8 Å². The highest BCUT2D eigenvalue weighted by atomic mass is 14.9. The van der Waals surface area contributed by atoms with E-state index in [4.69, 9.17) is 9.97 Å². The molecule has 37 heavy (non-hydrogen) atoms. The average Bonchev–Trinajstić information content (AvgIpc) is 2.88. The fourth-order valence-electron chi connectivity index (χ4n) is 4.47. The number of rotatable bonds is 5. The molecular weight excluding hydrogens is 450 g/mol. The van der Waals surface area contributed by atoms with Crippen LogP contribution in [-0.4, -0.2) is 15.0 Å². The first kappa shape index (κ1) is 26.2. The van der Waals surface area contributed by atoms with Gasteiger partial charge in [-0.2, -0.15) is 0 Å². The van der Waals surface area contributed by atoms with Crippen molar-refractivity contribution in [2.75, 3.05) is 0 Å². The van der Waals surface area contributed by atoms with Crippen LogP contribution in [0.5, 0.6) is 0 Å². The van der Waals surface area contributed by atoms with Gasteiger partial charge in [-0.1, -0.05) is 115 Å². The molecule has 188 valence electrons. The van der Waals surface area contributed by atoms with E-state index in [9.17, 15) is 0 Å². The van der Waals surface area contributed by atoms with E-state index in [0.29, 0.717) is 0 Å². The van der Waals surface area contributed by atoms with Crippen LogP contribution in [0.1, 0.15) is 59.9 Å². The number of benzene rings is 2. The molecule has 2 heterocycles. The summed E-state index contributed by atoms with van der Waals surface area (Å²) in [7, 11) is 0. The van der Waals surface area contributed by atoms with Crippen LogP contribution in [0, 0.1) is 10.8 Å². The maximum atomic E-state index is 5.39. The van der Waals surface area contributed by atoms with Crippen molar-refractivity contribution in [1.29, 1.82) is 0 Å². The van der Waals surface area contributed by atoms with E-state index in [0.717, 1.165) is 56.2 Å². The molecule has 0 aliphatic rings. The molecule has 0 saturated heterocycles. The van der Waals surface area contributed by atoms with E-state index in [1.165, 1.54) is 0 Å². The van der Waals surface area contributed by atoms with E-state index in [1.807, 2.05) is 30.5 Å². The third-order valence-corrected chi connectivity index (χ3v) is 6.64. The van der Waals surface area contributed by atoms with Crippen molar-refractivity contribution in [3.05, 3.63) is 103 Å². The van der Waals surface area contributed by atoms with Gasteiger partial charge in [-0.15, -0.1) is 0 Å². The molecule has 0 unspecified atom stereocenters. The first-order valence-corrected chi connectivity index (χ1v) is 12.9. The lowest BCUT2D eigenvalue weighted by Crippen LogP contribution is -2.17. The second-order valence-electron chi connectivity index (χ2n) is 11.5. The number of pyridine rings is 1. The molecule has 0 saturated carbocycles. The highest BCUT2D eigenvalue weighted by molar-refractivity contribution is 5.85. The minimum absolute atomic E-state index is 0.105. The normalized spacial score (nSPS) is 12.5. The first-order valence-electron chi connectivity index (χ1n) is 12.9. The van der Waals surface area contributed by atoms with Crippen molar-refractivity contribution in [3.63, 3.8) is 0 Å². The fraction of sp³-hybridized carbons (Fsp3) is 0.265. The summed E-state index contributed by atoms with van der Waals surface area (Å²) in [6.07, 6.45) is 5.85. The van der Waals surface area contributed by atoms with Crippen molar-refractivity contribution in [3.8, 4) is 33.6 Å². The summed E-state index contributed by atoms with van der Waals surface area (Å²) in [6.45, 7) is 19.8. The molecule has 4 rings (SSSR count). The Balaban J connectivity index is 2.01. The van der Waals surface area contributed by atoms with Crippen LogP contribution < -0.4 is 0 Å². The molecule has 0 fully saturated rings. The summed E-state index contributed by atoms with van der Waals surface area (Å²) in [5.41, 5.74) is 9.65. The van der Waals surface area contributed by atoms with Gasteiger partial charge in [-0.3, -0.25) is 4.98 Å². The fourth-order valence-corrected chi connectivity index (χ4v) is 4.47. The smallest absolute Gasteiger partial charge is 0.0973 e. The predicted octanol–water partition coefficient (Wildman–Crippen LogP) is 9.38. The molecule has 4 aromatic rings. The van der Waals surface area contributed by atoms with Crippen LogP contribution >= 0.6 is 0 Å². The number of hydrogen-bond donors (Lipinski definition) is 0. The topological polar surface area (TPSA) is 38.7 Å². The van der Waals surface area contributed by atoms with Gasteiger partial charge in [0.25, 0.3) is 0 Å². The summed E-state index contributed by atoms with van der Waals surface area (Å²) < 4.78 is 0. The van der Waals surface area contributed by atoms with E-state index in [2.05, 4.69) is 109 Å².